The van der Waals surface area contributed by atoms with Crippen molar-refractivity contribution in [2.45, 2.75) is 13.0 Å². The summed E-state index contributed by atoms with van der Waals surface area (Å²) in [6, 6.07) is 3.19. The van der Waals surface area contributed by atoms with E-state index >= 15 is 0 Å². The van der Waals surface area contributed by atoms with Gasteiger partial charge in [0.05, 0.1) is 6.04 Å². The van der Waals surface area contributed by atoms with Gasteiger partial charge in [-0.15, -0.1) is 0 Å². The van der Waals surface area contributed by atoms with Crippen LogP contribution in [0.15, 0.2) is 30.7 Å². The molecule has 0 aromatic carbocycles. The lowest BCUT2D eigenvalue weighted by molar-refractivity contribution is 0.776. The maximum Gasteiger partial charge on any atom is 0.149 e. The number of pyridine rings is 1. The standard InChI is InChI=1S/C11H13N5/c1-7-5-15-11(16-6-7)9(12)8-3-2-4-14-10(8)13/h2-6,9H,12H2,1H3,(H2,13,14). The molecule has 2 heterocycles. The van der Waals surface area contributed by atoms with Crippen molar-refractivity contribution in [3.63, 3.8) is 0 Å². The van der Waals surface area contributed by atoms with Crippen LogP contribution in [-0.2, 0) is 0 Å². The number of nitrogens with two attached hydrogens (primary N) is 2. The summed E-state index contributed by atoms with van der Waals surface area (Å²) in [6.45, 7) is 1.92. The number of anilines is 1. The van der Waals surface area contributed by atoms with E-state index in [0.29, 0.717) is 11.6 Å². The van der Waals surface area contributed by atoms with Gasteiger partial charge in [-0.25, -0.2) is 15.0 Å². The highest BCUT2D eigenvalue weighted by Crippen LogP contribution is 2.19. The molecule has 4 N–H and O–H groups in total. The van der Waals surface area contributed by atoms with Gasteiger partial charge in [0, 0.05) is 24.2 Å². The monoisotopic (exact) mass is 215 g/mol. The van der Waals surface area contributed by atoms with Gasteiger partial charge in [0.15, 0.2) is 0 Å². The number of rotatable bonds is 2. The average Bonchev–Trinajstić information content (AvgIpc) is 2.30. The van der Waals surface area contributed by atoms with Crippen molar-refractivity contribution in [3.8, 4) is 0 Å². The topological polar surface area (TPSA) is 90.7 Å². The van der Waals surface area contributed by atoms with Gasteiger partial charge in [-0.05, 0) is 18.6 Å². The third-order valence-corrected chi connectivity index (χ3v) is 2.29. The summed E-state index contributed by atoms with van der Waals surface area (Å²) >= 11 is 0. The normalized spacial score (nSPS) is 12.4. The fourth-order valence-corrected chi connectivity index (χ4v) is 1.40. The predicted molar refractivity (Wildman–Crippen MR) is 61.4 cm³/mol. The maximum absolute atomic E-state index is 6.02. The van der Waals surface area contributed by atoms with E-state index in [1.54, 1.807) is 24.7 Å². The van der Waals surface area contributed by atoms with Crippen molar-refractivity contribution in [3.05, 3.63) is 47.7 Å². The van der Waals surface area contributed by atoms with E-state index in [9.17, 15) is 0 Å². The van der Waals surface area contributed by atoms with Gasteiger partial charge in [0.2, 0.25) is 0 Å². The zero-order chi connectivity index (χ0) is 11.5. The Kier molecular flexibility index (Phi) is 2.78. The minimum atomic E-state index is -0.436. The molecule has 0 bridgehead atoms. The van der Waals surface area contributed by atoms with Gasteiger partial charge in [0.1, 0.15) is 11.6 Å². The SMILES string of the molecule is Cc1cnc(C(N)c2cccnc2N)nc1. The van der Waals surface area contributed by atoms with Gasteiger partial charge < -0.3 is 11.5 Å². The molecule has 0 fully saturated rings. The van der Waals surface area contributed by atoms with Crippen molar-refractivity contribution in [2.75, 3.05) is 5.73 Å². The molecule has 2 rings (SSSR count). The Balaban J connectivity index is 2.35. The van der Waals surface area contributed by atoms with E-state index in [1.165, 1.54) is 0 Å². The van der Waals surface area contributed by atoms with Gasteiger partial charge in [-0.1, -0.05) is 6.07 Å². The Morgan fingerprint density at radius 3 is 2.50 bits per heavy atom. The number of nitrogens with zero attached hydrogens (tertiary/aromatic N) is 3. The average molecular weight is 215 g/mol. The molecular formula is C11H13N5. The van der Waals surface area contributed by atoms with E-state index in [1.807, 2.05) is 13.0 Å². The van der Waals surface area contributed by atoms with E-state index in [0.717, 1.165) is 11.1 Å². The highest BCUT2D eigenvalue weighted by molar-refractivity contribution is 5.42. The van der Waals surface area contributed by atoms with Gasteiger partial charge >= 0.3 is 0 Å². The molecule has 0 aliphatic carbocycles. The molecule has 5 nitrogen and oxygen atoms in total. The number of hydrogen-bond donors (Lipinski definition) is 2. The zero-order valence-electron chi connectivity index (χ0n) is 8.96. The van der Waals surface area contributed by atoms with Crippen LogP contribution in [0.25, 0.3) is 0 Å². The zero-order valence-corrected chi connectivity index (χ0v) is 8.96. The van der Waals surface area contributed by atoms with E-state index in [-0.39, 0.29) is 0 Å². The minimum absolute atomic E-state index is 0.416. The van der Waals surface area contributed by atoms with Gasteiger partial charge in [-0.2, -0.15) is 0 Å². The third-order valence-electron chi connectivity index (χ3n) is 2.29. The molecule has 0 saturated heterocycles. The lowest BCUT2D eigenvalue weighted by Crippen LogP contribution is -2.17. The molecule has 0 spiro atoms. The van der Waals surface area contributed by atoms with Crippen LogP contribution >= 0.6 is 0 Å². The van der Waals surface area contributed by atoms with E-state index in [4.69, 9.17) is 11.5 Å². The lowest BCUT2D eigenvalue weighted by atomic mass is 10.1. The number of hydrogen-bond acceptors (Lipinski definition) is 5. The maximum atomic E-state index is 6.02. The molecule has 82 valence electrons. The van der Waals surface area contributed by atoms with Crippen LogP contribution in [0.3, 0.4) is 0 Å². The number of aryl methyl sites for hydroxylation is 1. The van der Waals surface area contributed by atoms with Crippen molar-refractivity contribution in [1.82, 2.24) is 15.0 Å². The van der Waals surface area contributed by atoms with Crippen LogP contribution in [0.1, 0.15) is 23.0 Å². The fraction of sp³-hybridized carbons (Fsp3) is 0.182. The summed E-state index contributed by atoms with van der Waals surface area (Å²) in [5, 5.41) is 0. The quantitative estimate of drug-likeness (QED) is 0.773. The Labute approximate surface area is 93.6 Å². The van der Waals surface area contributed by atoms with Crippen LogP contribution in [0.5, 0.6) is 0 Å². The van der Waals surface area contributed by atoms with Crippen LogP contribution in [0, 0.1) is 6.92 Å². The van der Waals surface area contributed by atoms with Crippen molar-refractivity contribution in [1.29, 1.82) is 0 Å². The van der Waals surface area contributed by atoms with Crippen molar-refractivity contribution in [2.24, 2.45) is 5.73 Å². The Morgan fingerprint density at radius 1 is 1.19 bits per heavy atom. The molecule has 2 aromatic rings. The summed E-state index contributed by atoms with van der Waals surface area (Å²) in [5.41, 5.74) is 13.5. The highest BCUT2D eigenvalue weighted by atomic mass is 14.9. The predicted octanol–water partition coefficient (Wildman–Crippen LogP) is 0.810. The summed E-state index contributed by atoms with van der Waals surface area (Å²) in [4.78, 5) is 12.3. The summed E-state index contributed by atoms with van der Waals surface area (Å²) in [6.07, 6.45) is 5.09. The Bertz CT molecular complexity index is 480. The lowest BCUT2D eigenvalue weighted by Gasteiger charge is -2.11. The largest absolute Gasteiger partial charge is 0.383 e. The van der Waals surface area contributed by atoms with Crippen molar-refractivity contribution < 1.29 is 0 Å². The molecule has 1 atom stereocenters. The second kappa shape index (κ2) is 4.24. The second-order valence-electron chi connectivity index (χ2n) is 3.57. The van der Waals surface area contributed by atoms with Crippen LogP contribution < -0.4 is 11.5 Å². The summed E-state index contributed by atoms with van der Waals surface area (Å²) in [5.74, 6) is 0.962. The van der Waals surface area contributed by atoms with Gasteiger partial charge in [-0.3, -0.25) is 0 Å². The molecule has 2 aromatic heterocycles. The first-order chi connectivity index (χ1) is 7.68. The second-order valence-corrected chi connectivity index (χ2v) is 3.57. The Morgan fingerprint density at radius 2 is 1.88 bits per heavy atom. The summed E-state index contributed by atoms with van der Waals surface area (Å²) < 4.78 is 0. The molecule has 0 aliphatic rings. The summed E-state index contributed by atoms with van der Waals surface area (Å²) in [7, 11) is 0. The van der Waals surface area contributed by atoms with Crippen molar-refractivity contribution >= 4 is 5.82 Å². The first kappa shape index (κ1) is 10.5. The number of aromatic nitrogens is 3. The van der Waals surface area contributed by atoms with Crippen LogP contribution in [0.4, 0.5) is 5.82 Å². The fourth-order valence-electron chi connectivity index (χ4n) is 1.40. The van der Waals surface area contributed by atoms with Crippen LogP contribution in [-0.4, -0.2) is 15.0 Å². The molecule has 16 heavy (non-hydrogen) atoms. The van der Waals surface area contributed by atoms with E-state index in [2.05, 4.69) is 15.0 Å². The van der Waals surface area contributed by atoms with E-state index < -0.39 is 6.04 Å². The molecular weight excluding hydrogens is 202 g/mol. The molecule has 1 unspecified atom stereocenters. The first-order valence-electron chi connectivity index (χ1n) is 4.93. The molecule has 5 heteroatoms. The van der Waals surface area contributed by atoms with Crippen LogP contribution in [0.2, 0.25) is 0 Å². The highest BCUT2D eigenvalue weighted by Gasteiger charge is 2.14. The molecule has 0 aliphatic heterocycles. The Hall–Kier alpha value is -2.01. The smallest absolute Gasteiger partial charge is 0.149 e. The van der Waals surface area contributed by atoms with Gasteiger partial charge in [0.25, 0.3) is 0 Å². The molecule has 0 saturated carbocycles. The minimum Gasteiger partial charge on any atom is -0.383 e. The third kappa shape index (κ3) is 1.99. The number of nitrogen functional groups attached to an aromatic ring is 1. The first-order valence-corrected chi connectivity index (χ1v) is 4.93. The molecule has 0 amide bonds. The molecule has 0 radical (unpaired) electrons.